The minimum Gasteiger partial charge on any atom is -0.377 e. The molecule has 118 valence electrons. The molecule has 0 radical (unpaired) electrons. The number of halogens is 5. The van der Waals surface area contributed by atoms with Gasteiger partial charge in [-0.05, 0) is 18.1 Å². The third-order valence-electron chi connectivity index (χ3n) is 3.48. The van der Waals surface area contributed by atoms with E-state index in [0.29, 0.717) is 0 Å². The van der Waals surface area contributed by atoms with Gasteiger partial charge in [0.2, 0.25) is 0 Å². The Morgan fingerprint density at radius 1 is 1.19 bits per heavy atom. The SMILES string of the molecule is CC(C)c1c(F)cc(N2CCOCC2C(F)(F)F)cc1F. The molecular weight excluding hydrogens is 293 g/mol. The Bertz CT molecular complexity index is 492. The van der Waals surface area contributed by atoms with Gasteiger partial charge in [0.15, 0.2) is 0 Å². The summed E-state index contributed by atoms with van der Waals surface area (Å²) in [5.74, 6) is -2.04. The maximum absolute atomic E-state index is 14.0. The van der Waals surface area contributed by atoms with E-state index in [1.165, 1.54) is 0 Å². The predicted molar refractivity (Wildman–Crippen MR) is 68.5 cm³/mol. The van der Waals surface area contributed by atoms with Crippen molar-refractivity contribution in [2.45, 2.75) is 32.0 Å². The van der Waals surface area contributed by atoms with Crippen molar-refractivity contribution < 1.29 is 26.7 Å². The van der Waals surface area contributed by atoms with Crippen LogP contribution in [0.15, 0.2) is 12.1 Å². The summed E-state index contributed by atoms with van der Waals surface area (Å²) < 4.78 is 71.7. The molecule has 1 aromatic carbocycles. The van der Waals surface area contributed by atoms with Gasteiger partial charge in [-0.3, -0.25) is 0 Å². The molecule has 1 saturated heterocycles. The number of anilines is 1. The highest BCUT2D eigenvalue weighted by Crippen LogP contribution is 2.33. The fourth-order valence-corrected chi connectivity index (χ4v) is 2.47. The second-order valence-corrected chi connectivity index (χ2v) is 5.30. The fourth-order valence-electron chi connectivity index (χ4n) is 2.47. The van der Waals surface area contributed by atoms with Crippen LogP contribution in [0.25, 0.3) is 0 Å². The molecule has 1 fully saturated rings. The van der Waals surface area contributed by atoms with Crippen LogP contribution in [0.4, 0.5) is 27.6 Å². The van der Waals surface area contributed by atoms with Crippen molar-refractivity contribution >= 4 is 5.69 Å². The maximum atomic E-state index is 14.0. The number of benzene rings is 1. The lowest BCUT2D eigenvalue weighted by Crippen LogP contribution is -2.53. The predicted octanol–water partition coefficient (Wildman–Crippen LogP) is 3.86. The van der Waals surface area contributed by atoms with Gasteiger partial charge in [0, 0.05) is 17.8 Å². The molecule has 0 aromatic heterocycles. The molecule has 2 nitrogen and oxygen atoms in total. The number of ether oxygens (including phenoxy) is 1. The summed E-state index contributed by atoms with van der Waals surface area (Å²) in [5, 5.41) is 0. The average molecular weight is 309 g/mol. The highest BCUT2D eigenvalue weighted by atomic mass is 19.4. The van der Waals surface area contributed by atoms with Gasteiger partial charge in [-0.25, -0.2) is 8.78 Å². The van der Waals surface area contributed by atoms with Crippen LogP contribution in [0, 0.1) is 11.6 Å². The van der Waals surface area contributed by atoms with Gasteiger partial charge >= 0.3 is 6.18 Å². The average Bonchev–Trinajstić information content (AvgIpc) is 2.36. The Labute approximate surface area is 119 Å². The van der Waals surface area contributed by atoms with Crippen LogP contribution < -0.4 is 4.90 Å². The number of hydrogen-bond acceptors (Lipinski definition) is 2. The normalized spacial score (nSPS) is 20.2. The number of nitrogens with zero attached hydrogens (tertiary/aromatic N) is 1. The molecule has 0 bridgehead atoms. The Morgan fingerprint density at radius 2 is 1.76 bits per heavy atom. The summed E-state index contributed by atoms with van der Waals surface area (Å²) in [6, 6.07) is 0.0280. The third-order valence-corrected chi connectivity index (χ3v) is 3.48. The maximum Gasteiger partial charge on any atom is 0.411 e. The van der Waals surface area contributed by atoms with E-state index >= 15 is 0 Å². The first-order chi connectivity index (χ1) is 9.71. The third kappa shape index (κ3) is 3.28. The summed E-state index contributed by atoms with van der Waals surface area (Å²) in [6.07, 6.45) is -4.52. The molecule has 2 rings (SSSR count). The van der Waals surface area contributed by atoms with Crippen LogP contribution in [-0.4, -0.2) is 32.0 Å². The fraction of sp³-hybridized carbons (Fsp3) is 0.571. The van der Waals surface area contributed by atoms with Gasteiger partial charge < -0.3 is 9.64 Å². The van der Waals surface area contributed by atoms with E-state index in [0.717, 1.165) is 17.0 Å². The largest absolute Gasteiger partial charge is 0.411 e. The van der Waals surface area contributed by atoms with Crippen molar-refractivity contribution in [3.8, 4) is 0 Å². The van der Waals surface area contributed by atoms with E-state index in [1.807, 2.05) is 0 Å². The lowest BCUT2D eigenvalue weighted by Gasteiger charge is -2.38. The van der Waals surface area contributed by atoms with Crippen LogP contribution in [0.5, 0.6) is 0 Å². The zero-order valence-corrected chi connectivity index (χ0v) is 11.7. The van der Waals surface area contributed by atoms with Crippen molar-refractivity contribution in [3.05, 3.63) is 29.3 Å². The van der Waals surface area contributed by atoms with Crippen LogP contribution >= 0.6 is 0 Å². The minimum atomic E-state index is -4.52. The van der Waals surface area contributed by atoms with Crippen LogP contribution in [-0.2, 0) is 4.74 Å². The first-order valence-corrected chi connectivity index (χ1v) is 6.62. The summed E-state index contributed by atoms with van der Waals surface area (Å²) in [4.78, 5) is 0.944. The first-order valence-electron chi connectivity index (χ1n) is 6.62. The number of alkyl halides is 3. The van der Waals surface area contributed by atoms with E-state index in [2.05, 4.69) is 0 Å². The first kappa shape index (κ1) is 16.0. The zero-order valence-electron chi connectivity index (χ0n) is 11.7. The molecule has 7 heteroatoms. The van der Waals surface area contributed by atoms with Gasteiger partial charge in [0.05, 0.1) is 13.2 Å². The molecule has 21 heavy (non-hydrogen) atoms. The lowest BCUT2D eigenvalue weighted by molar-refractivity contribution is -0.167. The van der Waals surface area contributed by atoms with E-state index < -0.39 is 30.5 Å². The van der Waals surface area contributed by atoms with Gasteiger partial charge in [0.25, 0.3) is 0 Å². The van der Waals surface area contributed by atoms with Crippen molar-refractivity contribution in [1.82, 2.24) is 0 Å². The smallest absolute Gasteiger partial charge is 0.377 e. The topological polar surface area (TPSA) is 12.5 Å². The van der Waals surface area contributed by atoms with E-state index in [-0.39, 0.29) is 30.3 Å². The Morgan fingerprint density at radius 3 is 2.24 bits per heavy atom. The van der Waals surface area contributed by atoms with Gasteiger partial charge in [-0.15, -0.1) is 0 Å². The quantitative estimate of drug-likeness (QED) is 0.769. The number of rotatable bonds is 2. The summed E-state index contributed by atoms with van der Waals surface area (Å²) >= 11 is 0. The van der Waals surface area contributed by atoms with Crippen molar-refractivity contribution in [3.63, 3.8) is 0 Å². The monoisotopic (exact) mass is 309 g/mol. The van der Waals surface area contributed by atoms with E-state index in [9.17, 15) is 22.0 Å². The molecule has 1 aliphatic heterocycles. The Kier molecular flexibility index (Phi) is 4.41. The van der Waals surface area contributed by atoms with Gasteiger partial charge in [-0.2, -0.15) is 13.2 Å². The molecule has 1 aromatic rings. The van der Waals surface area contributed by atoms with E-state index in [1.54, 1.807) is 13.8 Å². The highest BCUT2D eigenvalue weighted by molar-refractivity contribution is 5.51. The molecule has 1 aliphatic rings. The molecule has 1 atom stereocenters. The second kappa shape index (κ2) is 5.79. The van der Waals surface area contributed by atoms with Gasteiger partial charge in [0.1, 0.15) is 17.7 Å². The summed E-state index contributed by atoms with van der Waals surface area (Å²) in [7, 11) is 0. The Hall–Kier alpha value is -1.37. The molecule has 0 spiro atoms. The standard InChI is InChI=1S/C14H16F5NO/c1-8(2)13-10(15)5-9(6-11(13)16)20-3-4-21-7-12(20)14(17,18)19/h5-6,8,12H,3-4,7H2,1-2H3. The second-order valence-electron chi connectivity index (χ2n) is 5.30. The van der Waals surface area contributed by atoms with Crippen LogP contribution in [0.3, 0.4) is 0 Å². The highest BCUT2D eigenvalue weighted by Gasteiger charge is 2.45. The lowest BCUT2D eigenvalue weighted by atomic mass is 10.0. The zero-order chi connectivity index (χ0) is 15.8. The number of morpholine rings is 1. The molecule has 0 N–H and O–H groups in total. The van der Waals surface area contributed by atoms with E-state index in [4.69, 9.17) is 4.74 Å². The molecule has 0 saturated carbocycles. The Balaban J connectivity index is 2.40. The molecule has 1 heterocycles. The van der Waals surface area contributed by atoms with Crippen molar-refractivity contribution in [1.29, 1.82) is 0 Å². The molecular formula is C14H16F5NO. The van der Waals surface area contributed by atoms with Crippen LogP contribution in [0.2, 0.25) is 0 Å². The summed E-state index contributed by atoms with van der Waals surface area (Å²) in [5.41, 5.74) is -0.226. The van der Waals surface area contributed by atoms with Crippen LogP contribution in [0.1, 0.15) is 25.3 Å². The molecule has 0 amide bonds. The summed E-state index contributed by atoms with van der Waals surface area (Å²) in [6.45, 7) is 2.72. The number of hydrogen-bond donors (Lipinski definition) is 0. The molecule has 1 unspecified atom stereocenters. The van der Waals surface area contributed by atoms with Crippen molar-refractivity contribution in [2.24, 2.45) is 0 Å². The van der Waals surface area contributed by atoms with Gasteiger partial charge in [-0.1, -0.05) is 13.8 Å². The minimum absolute atomic E-state index is 0.0654. The van der Waals surface area contributed by atoms with Crippen molar-refractivity contribution in [2.75, 3.05) is 24.7 Å². The molecule has 0 aliphatic carbocycles.